The van der Waals surface area contributed by atoms with E-state index in [0.29, 0.717) is 43.3 Å². The molecule has 2 fully saturated rings. The van der Waals surface area contributed by atoms with Crippen LogP contribution in [-0.2, 0) is 6.54 Å². The molecular weight excluding hydrogens is 432 g/mol. The molecule has 5 rings (SSSR count). The Morgan fingerprint density at radius 3 is 2.56 bits per heavy atom. The molecule has 9 nitrogen and oxygen atoms in total. The number of amides is 1. The van der Waals surface area contributed by atoms with Crippen LogP contribution in [0.5, 0.6) is 0 Å². The van der Waals surface area contributed by atoms with E-state index in [9.17, 15) is 14.4 Å². The van der Waals surface area contributed by atoms with Crippen molar-refractivity contribution < 1.29 is 4.79 Å². The van der Waals surface area contributed by atoms with Crippen molar-refractivity contribution in [2.45, 2.75) is 32.2 Å². The zero-order chi connectivity index (χ0) is 22.4. The van der Waals surface area contributed by atoms with E-state index in [-0.39, 0.29) is 22.9 Å². The molecule has 1 saturated heterocycles. The molecule has 32 heavy (non-hydrogen) atoms. The number of H-pyrrole nitrogens is 1. The Hall–Kier alpha value is -3.20. The molecule has 3 aromatic rings. The Labute approximate surface area is 188 Å². The topological polar surface area (TPSA) is 104 Å². The van der Waals surface area contributed by atoms with Crippen LogP contribution in [0.1, 0.15) is 41.7 Å². The summed E-state index contributed by atoms with van der Waals surface area (Å²) in [4.78, 5) is 53.7. The van der Waals surface area contributed by atoms with Gasteiger partial charge >= 0.3 is 5.69 Å². The summed E-state index contributed by atoms with van der Waals surface area (Å²) in [5.74, 6) is 0.878. The van der Waals surface area contributed by atoms with Gasteiger partial charge in [0.1, 0.15) is 5.82 Å². The van der Waals surface area contributed by atoms with Gasteiger partial charge in [-0.25, -0.2) is 14.8 Å². The molecule has 10 heteroatoms. The lowest BCUT2D eigenvalue weighted by atomic mass is 10.1. The van der Waals surface area contributed by atoms with E-state index in [0.717, 1.165) is 24.4 Å². The maximum Gasteiger partial charge on any atom is 0.329 e. The number of piperazine rings is 1. The Bertz CT molecular complexity index is 1300. The first-order valence-corrected chi connectivity index (χ1v) is 11.2. The Kier molecular flexibility index (Phi) is 5.21. The van der Waals surface area contributed by atoms with Gasteiger partial charge in [-0.3, -0.25) is 19.1 Å². The summed E-state index contributed by atoms with van der Waals surface area (Å²) in [7, 11) is 0. The number of aromatic amines is 1. The van der Waals surface area contributed by atoms with Crippen LogP contribution in [-0.4, -0.2) is 56.5 Å². The molecule has 0 bridgehead atoms. The Morgan fingerprint density at radius 2 is 1.94 bits per heavy atom. The number of aryl methyl sites for hydroxylation is 1. The fourth-order valence-corrected chi connectivity index (χ4v) is 4.32. The van der Waals surface area contributed by atoms with Crippen LogP contribution < -0.4 is 16.1 Å². The third-order valence-electron chi connectivity index (χ3n) is 6.11. The summed E-state index contributed by atoms with van der Waals surface area (Å²) in [6.07, 6.45) is 3.60. The number of anilines is 1. The minimum absolute atomic E-state index is 0.183. The van der Waals surface area contributed by atoms with Crippen LogP contribution in [0.2, 0.25) is 5.02 Å². The molecule has 0 aromatic carbocycles. The zero-order valence-electron chi connectivity index (χ0n) is 17.7. The fourth-order valence-electron chi connectivity index (χ4n) is 4.21. The highest BCUT2D eigenvalue weighted by Gasteiger charge is 2.31. The summed E-state index contributed by atoms with van der Waals surface area (Å²) in [6, 6.07) is 5.40. The average Bonchev–Trinajstić information content (AvgIpc) is 3.64. The molecule has 0 radical (unpaired) electrons. The van der Waals surface area contributed by atoms with Gasteiger partial charge in [0.2, 0.25) is 0 Å². The quantitative estimate of drug-likeness (QED) is 0.646. The molecule has 0 unspecified atom stereocenters. The Morgan fingerprint density at radius 1 is 1.19 bits per heavy atom. The number of hydrogen-bond donors (Lipinski definition) is 1. The van der Waals surface area contributed by atoms with E-state index >= 15 is 0 Å². The van der Waals surface area contributed by atoms with Crippen molar-refractivity contribution >= 4 is 34.4 Å². The number of carbonyl (C=O) groups excluding carboxylic acids is 1. The molecule has 1 aliphatic heterocycles. The first-order chi connectivity index (χ1) is 15.5. The number of aromatic nitrogens is 4. The average molecular weight is 455 g/mol. The predicted molar refractivity (Wildman–Crippen MR) is 122 cm³/mol. The van der Waals surface area contributed by atoms with Crippen LogP contribution in [0.3, 0.4) is 0 Å². The van der Waals surface area contributed by atoms with E-state index in [1.807, 2.05) is 13.0 Å². The molecule has 4 heterocycles. The summed E-state index contributed by atoms with van der Waals surface area (Å²) < 4.78 is 1.42. The molecule has 2 aliphatic rings. The number of fused-ring (bicyclic) bond motifs is 1. The van der Waals surface area contributed by atoms with Gasteiger partial charge in [-0.15, -0.1) is 0 Å². The van der Waals surface area contributed by atoms with Gasteiger partial charge in [0.15, 0.2) is 5.65 Å². The maximum absolute atomic E-state index is 13.5. The lowest BCUT2D eigenvalue weighted by Gasteiger charge is -2.35. The van der Waals surface area contributed by atoms with Crippen molar-refractivity contribution in [3.63, 3.8) is 0 Å². The van der Waals surface area contributed by atoms with E-state index in [4.69, 9.17) is 11.6 Å². The molecule has 166 valence electrons. The van der Waals surface area contributed by atoms with Crippen molar-refractivity contribution in [2.24, 2.45) is 0 Å². The van der Waals surface area contributed by atoms with Crippen molar-refractivity contribution in [2.75, 3.05) is 31.1 Å². The van der Waals surface area contributed by atoms with Crippen molar-refractivity contribution in [3.8, 4) is 0 Å². The number of rotatable bonds is 4. The van der Waals surface area contributed by atoms with Gasteiger partial charge in [-0.05, 0) is 38.0 Å². The third-order valence-corrected chi connectivity index (χ3v) is 6.34. The predicted octanol–water partition coefficient (Wildman–Crippen LogP) is 1.99. The lowest BCUT2D eigenvalue weighted by Crippen LogP contribution is -2.49. The van der Waals surface area contributed by atoms with E-state index in [1.54, 1.807) is 23.2 Å². The van der Waals surface area contributed by atoms with Gasteiger partial charge in [-0.1, -0.05) is 11.6 Å². The van der Waals surface area contributed by atoms with Crippen molar-refractivity contribution in [1.29, 1.82) is 0 Å². The highest BCUT2D eigenvalue weighted by atomic mass is 35.5. The molecule has 3 aromatic heterocycles. The van der Waals surface area contributed by atoms with Crippen molar-refractivity contribution in [3.05, 3.63) is 61.5 Å². The molecule has 0 spiro atoms. The third kappa shape index (κ3) is 3.66. The van der Waals surface area contributed by atoms with Crippen LogP contribution in [0.4, 0.5) is 5.82 Å². The fraction of sp³-hybridized carbons (Fsp3) is 0.409. The normalized spacial score (nSPS) is 16.6. The summed E-state index contributed by atoms with van der Waals surface area (Å²) >= 11 is 5.93. The van der Waals surface area contributed by atoms with Crippen LogP contribution >= 0.6 is 11.6 Å². The van der Waals surface area contributed by atoms with E-state index in [1.165, 1.54) is 4.57 Å². The van der Waals surface area contributed by atoms with Gasteiger partial charge in [0, 0.05) is 50.5 Å². The van der Waals surface area contributed by atoms with Crippen LogP contribution in [0.25, 0.3) is 11.0 Å². The monoisotopic (exact) mass is 454 g/mol. The highest BCUT2D eigenvalue weighted by Crippen LogP contribution is 2.40. The molecule has 0 atom stereocenters. The van der Waals surface area contributed by atoms with Crippen LogP contribution in [0.15, 0.2) is 34.0 Å². The summed E-state index contributed by atoms with van der Waals surface area (Å²) in [6.45, 7) is 4.40. The smallest absolute Gasteiger partial charge is 0.329 e. The van der Waals surface area contributed by atoms with Gasteiger partial charge in [0.05, 0.1) is 16.0 Å². The van der Waals surface area contributed by atoms with E-state index < -0.39 is 11.2 Å². The largest absolute Gasteiger partial charge is 0.353 e. The SMILES string of the molecule is CCn1c(=O)[nH]c(=O)c2c(C(=O)N3CCN(c4ccc(Cl)cn4)CC3)cc(C3CC3)nc21. The number of nitrogens with one attached hydrogen (secondary N) is 1. The number of carbonyl (C=O) groups is 1. The second kappa shape index (κ2) is 8.05. The molecule has 1 N–H and O–H groups in total. The second-order valence-corrected chi connectivity index (χ2v) is 8.62. The minimum Gasteiger partial charge on any atom is -0.353 e. The summed E-state index contributed by atoms with van der Waals surface area (Å²) in [5.41, 5.74) is 0.304. The van der Waals surface area contributed by atoms with Gasteiger partial charge < -0.3 is 9.80 Å². The molecule has 1 saturated carbocycles. The van der Waals surface area contributed by atoms with Crippen molar-refractivity contribution in [1.82, 2.24) is 24.4 Å². The van der Waals surface area contributed by atoms with Crippen LogP contribution in [0, 0.1) is 0 Å². The number of pyridine rings is 2. The lowest BCUT2D eigenvalue weighted by molar-refractivity contribution is 0.0748. The summed E-state index contributed by atoms with van der Waals surface area (Å²) in [5, 5.41) is 0.761. The zero-order valence-corrected chi connectivity index (χ0v) is 18.4. The highest BCUT2D eigenvalue weighted by molar-refractivity contribution is 6.30. The standard InChI is InChI=1S/C22H23ClN6O3/c1-2-29-19-18(20(30)26-22(29)32)15(11-16(25-19)13-3-4-13)21(31)28-9-7-27(8-10-28)17-6-5-14(23)12-24-17/h5-6,11-13H,2-4,7-10H2,1H3,(H,26,30,32). The van der Waals surface area contributed by atoms with Gasteiger partial charge in [-0.2, -0.15) is 0 Å². The number of nitrogens with zero attached hydrogens (tertiary/aromatic N) is 5. The first kappa shape index (κ1) is 20.7. The number of hydrogen-bond acceptors (Lipinski definition) is 6. The molecule has 1 aliphatic carbocycles. The number of halogens is 1. The maximum atomic E-state index is 13.5. The minimum atomic E-state index is -0.572. The van der Waals surface area contributed by atoms with E-state index in [2.05, 4.69) is 19.9 Å². The Balaban J connectivity index is 1.49. The molecule has 1 amide bonds. The molecular formula is C22H23ClN6O3. The first-order valence-electron chi connectivity index (χ1n) is 10.8. The van der Waals surface area contributed by atoms with Gasteiger partial charge in [0.25, 0.3) is 11.5 Å². The second-order valence-electron chi connectivity index (χ2n) is 8.18.